The van der Waals surface area contributed by atoms with Gasteiger partial charge in [-0.1, -0.05) is 0 Å². The maximum atomic E-state index is 11.7. The molecular weight excluding hydrogens is 300 g/mol. The molecule has 0 aromatic carbocycles. The topological polar surface area (TPSA) is 68.3 Å². The van der Waals surface area contributed by atoms with E-state index in [2.05, 4.69) is 26.2 Å². The summed E-state index contributed by atoms with van der Waals surface area (Å²) in [5.74, 6) is -0.738. The summed E-state index contributed by atoms with van der Waals surface area (Å²) in [5, 5.41) is 2.70. The van der Waals surface area contributed by atoms with Crippen molar-refractivity contribution in [2.45, 2.75) is 13.3 Å². The van der Waals surface area contributed by atoms with Crippen LogP contribution in [0.15, 0.2) is 22.3 Å². The maximum absolute atomic E-state index is 11.7. The van der Waals surface area contributed by atoms with Gasteiger partial charge in [-0.2, -0.15) is 0 Å². The van der Waals surface area contributed by atoms with Crippen LogP contribution in [0.3, 0.4) is 0 Å². The van der Waals surface area contributed by atoms with Crippen LogP contribution in [0.5, 0.6) is 0 Å². The second-order valence-electron chi connectivity index (χ2n) is 3.70. The summed E-state index contributed by atoms with van der Waals surface area (Å²) >= 11 is 3.28. The van der Waals surface area contributed by atoms with Gasteiger partial charge in [0.2, 0.25) is 5.91 Å². The van der Waals surface area contributed by atoms with Crippen molar-refractivity contribution in [3.05, 3.63) is 28.0 Å². The third-order valence-electron chi connectivity index (χ3n) is 2.36. The standard InChI is InChI=1S/C12H11BrN2O3/c1-2-18-12(17)7-3-9-10(15-11(16)4-7)5-8(13)6-14-9/h3,5-6H,2,4H2,1H3,(H,15,16). The van der Waals surface area contributed by atoms with Crippen molar-refractivity contribution in [2.75, 3.05) is 11.9 Å². The minimum absolute atomic E-state index is 0.00713. The van der Waals surface area contributed by atoms with Crippen LogP contribution in [-0.4, -0.2) is 23.5 Å². The van der Waals surface area contributed by atoms with E-state index in [9.17, 15) is 9.59 Å². The number of anilines is 1. The fraction of sp³-hybridized carbons (Fsp3) is 0.250. The molecule has 0 unspecified atom stereocenters. The van der Waals surface area contributed by atoms with E-state index in [1.807, 2.05) is 0 Å². The molecule has 2 heterocycles. The van der Waals surface area contributed by atoms with Gasteiger partial charge in [0.05, 0.1) is 24.4 Å². The molecule has 5 nitrogen and oxygen atoms in total. The minimum Gasteiger partial charge on any atom is -0.463 e. The number of ether oxygens (including phenoxy) is 1. The Labute approximate surface area is 112 Å². The van der Waals surface area contributed by atoms with Crippen molar-refractivity contribution in [1.82, 2.24) is 4.98 Å². The van der Waals surface area contributed by atoms with Crippen LogP contribution in [0.25, 0.3) is 6.08 Å². The molecular formula is C12H11BrN2O3. The predicted molar refractivity (Wildman–Crippen MR) is 69.8 cm³/mol. The Morgan fingerprint density at radius 3 is 3.11 bits per heavy atom. The minimum atomic E-state index is -0.481. The number of nitrogens with zero attached hydrogens (tertiary/aromatic N) is 1. The summed E-state index contributed by atoms with van der Waals surface area (Å²) in [6.07, 6.45) is 3.18. The highest BCUT2D eigenvalue weighted by Gasteiger charge is 2.20. The summed E-state index contributed by atoms with van der Waals surface area (Å²) in [6, 6.07) is 1.74. The summed E-state index contributed by atoms with van der Waals surface area (Å²) in [4.78, 5) is 27.5. The van der Waals surface area contributed by atoms with Crippen molar-refractivity contribution in [2.24, 2.45) is 0 Å². The van der Waals surface area contributed by atoms with E-state index in [1.165, 1.54) is 0 Å². The summed E-state index contributed by atoms with van der Waals surface area (Å²) in [5.41, 5.74) is 1.43. The lowest BCUT2D eigenvalue weighted by atomic mass is 10.1. The smallest absolute Gasteiger partial charge is 0.334 e. The molecule has 1 aliphatic heterocycles. The monoisotopic (exact) mass is 310 g/mol. The van der Waals surface area contributed by atoms with Crippen LogP contribution in [0, 0.1) is 0 Å². The van der Waals surface area contributed by atoms with Crippen LogP contribution < -0.4 is 5.32 Å². The van der Waals surface area contributed by atoms with E-state index in [4.69, 9.17) is 4.74 Å². The number of fused-ring (bicyclic) bond motifs is 1. The molecule has 0 aliphatic carbocycles. The van der Waals surface area contributed by atoms with Crippen molar-refractivity contribution in [3.63, 3.8) is 0 Å². The van der Waals surface area contributed by atoms with Gasteiger partial charge in [-0.3, -0.25) is 9.78 Å². The highest BCUT2D eigenvalue weighted by atomic mass is 79.9. The molecule has 0 atom stereocenters. The van der Waals surface area contributed by atoms with Gasteiger partial charge in [0.15, 0.2) is 0 Å². The number of halogens is 1. The quantitative estimate of drug-likeness (QED) is 0.850. The lowest BCUT2D eigenvalue weighted by Crippen LogP contribution is -2.15. The highest BCUT2D eigenvalue weighted by Crippen LogP contribution is 2.25. The SMILES string of the molecule is CCOC(=O)C1=Cc2ncc(Br)cc2NC(=O)C1. The number of hydrogen-bond donors (Lipinski definition) is 1. The molecule has 94 valence electrons. The Kier molecular flexibility index (Phi) is 3.76. The highest BCUT2D eigenvalue weighted by molar-refractivity contribution is 9.10. The van der Waals surface area contributed by atoms with Gasteiger partial charge < -0.3 is 10.1 Å². The molecule has 0 fully saturated rings. The summed E-state index contributed by atoms with van der Waals surface area (Å²) in [7, 11) is 0. The molecule has 0 radical (unpaired) electrons. The molecule has 2 rings (SSSR count). The number of carbonyl (C=O) groups is 2. The number of rotatable bonds is 2. The second-order valence-corrected chi connectivity index (χ2v) is 4.62. The van der Waals surface area contributed by atoms with Crippen LogP contribution in [0.1, 0.15) is 19.0 Å². The number of hydrogen-bond acceptors (Lipinski definition) is 4. The van der Waals surface area contributed by atoms with E-state index in [1.54, 1.807) is 25.3 Å². The Bertz CT molecular complexity index is 540. The Hall–Kier alpha value is -1.69. The average Bonchev–Trinajstić information content (AvgIpc) is 2.47. The zero-order valence-electron chi connectivity index (χ0n) is 9.70. The fourth-order valence-corrected chi connectivity index (χ4v) is 1.93. The van der Waals surface area contributed by atoms with E-state index < -0.39 is 5.97 Å². The van der Waals surface area contributed by atoms with Crippen LogP contribution >= 0.6 is 15.9 Å². The van der Waals surface area contributed by atoms with Crippen molar-refractivity contribution < 1.29 is 14.3 Å². The fourth-order valence-electron chi connectivity index (χ4n) is 1.60. The van der Waals surface area contributed by atoms with Gasteiger partial charge in [-0.25, -0.2) is 4.79 Å². The number of nitrogens with one attached hydrogen (secondary N) is 1. The lowest BCUT2D eigenvalue weighted by Gasteiger charge is -2.04. The first-order valence-electron chi connectivity index (χ1n) is 5.43. The predicted octanol–water partition coefficient (Wildman–Crippen LogP) is 2.13. The van der Waals surface area contributed by atoms with Gasteiger partial charge in [0.25, 0.3) is 0 Å². The molecule has 1 aromatic heterocycles. The van der Waals surface area contributed by atoms with Gasteiger partial charge in [-0.05, 0) is 35.0 Å². The molecule has 0 bridgehead atoms. The first kappa shape index (κ1) is 12.8. The maximum Gasteiger partial charge on any atom is 0.334 e. The second kappa shape index (κ2) is 5.30. The van der Waals surface area contributed by atoms with Gasteiger partial charge >= 0.3 is 5.97 Å². The third-order valence-corrected chi connectivity index (χ3v) is 2.79. The van der Waals surface area contributed by atoms with Crippen molar-refractivity contribution in [3.8, 4) is 0 Å². The van der Waals surface area contributed by atoms with Crippen LogP contribution in [-0.2, 0) is 14.3 Å². The molecule has 0 spiro atoms. The van der Waals surface area contributed by atoms with Crippen LogP contribution in [0.2, 0.25) is 0 Å². The summed E-state index contributed by atoms with van der Waals surface area (Å²) in [6.45, 7) is 2.00. The van der Waals surface area contributed by atoms with E-state index >= 15 is 0 Å². The van der Waals surface area contributed by atoms with Crippen LogP contribution in [0.4, 0.5) is 5.69 Å². The molecule has 18 heavy (non-hydrogen) atoms. The van der Waals surface area contributed by atoms with Crippen molar-refractivity contribution in [1.29, 1.82) is 0 Å². The molecule has 1 amide bonds. The molecule has 1 aliphatic rings. The van der Waals surface area contributed by atoms with Crippen molar-refractivity contribution >= 4 is 39.6 Å². The number of esters is 1. The molecule has 6 heteroatoms. The van der Waals surface area contributed by atoms with Gasteiger partial charge in [0.1, 0.15) is 0 Å². The third kappa shape index (κ3) is 2.76. The van der Waals surface area contributed by atoms with E-state index in [0.29, 0.717) is 17.0 Å². The normalized spacial score (nSPS) is 14.1. The Balaban J connectivity index is 2.41. The number of carbonyl (C=O) groups excluding carboxylic acids is 2. The zero-order chi connectivity index (χ0) is 13.1. The van der Waals surface area contributed by atoms with E-state index in [0.717, 1.165) is 4.47 Å². The number of aromatic nitrogens is 1. The first-order valence-corrected chi connectivity index (χ1v) is 6.22. The average molecular weight is 311 g/mol. The molecule has 1 aromatic rings. The van der Waals surface area contributed by atoms with E-state index in [-0.39, 0.29) is 18.9 Å². The number of pyridine rings is 1. The number of amides is 1. The largest absolute Gasteiger partial charge is 0.463 e. The summed E-state index contributed by atoms with van der Waals surface area (Å²) < 4.78 is 5.66. The van der Waals surface area contributed by atoms with Gasteiger partial charge in [0, 0.05) is 16.2 Å². The molecule has 1 N–H and O–H groups in total. The Morgan fingerprint density at radius 1 is 1.61 bits per heavy atom. The zero-order valence-corrected chi connectivity index (χ0v) is 11.3. The van der Waals surface area contributed by atoms with Gasteiger partial charge in [-0.15, -0.1) is 0 Å². The molecule has 0 saturated carbocycles. The Morgan fingerprint density at radius 2 is 2.39 bits per heavy atom. The lowest BCUT2D eigenvalue weighted by molar-refractivity contribution is -0.139. The first-order chi connectivity index (χ1) is 8.60. The molecule has 0 saturated heterocycles.